The Labute approximate surface area is 114 Å². The van der Waals surface area contributed by atoms with E-state index in [1.807, 2.05) is 32.0 Å². The number of carbonyl (C=O) groups is 1. The van der Waals surface area contributed by atoms with E-state index in [0.717, 1.165) is 16.7 Å². The maximum atomic E-state index is 12.3. The summed E-state index contributed by atoms with van der Waals surface area (Å²) >= 11 is 6.06. The summed E-state index contributed by atoms with van der Waals surface area (Å²) in [5.41, 5.74) is 2.87. The summed E-state index contributed by atoms with van der Waals surface area (Å²) < 4.78 is 4.96. The van der Waals surface area contributed by atoms with Crippen molar-refractivity contribution in [2.24, 2.45) is 0 Å². The number of nitrogens with zero attached hydrogens (tertiary/aromatic N) is 1. The minimum Gasteiger partial charge on any atom is -0.383 e. The van der Waals surface area contributed by atoms with Crippen LogP contribution in [0.4, 0.5) is 0 Å². The van der Waals surface area contributed by atoms with E-state index < -0.39 is 0 Å². The molecule has 0 N–H and O–H groups in total. The van der Waals surface area contributed by atoms with Gasteiger partial charge in [0.25, 0.3) is 5.91 Å². The molecule has 4 heteroatoms. The number of carbonyl (C=O) groups excluding carboxylic acids is 1. The van der Waals surface area contributed by atoms with Gasteiger partial charge in [-0.2, -0.15) is 0 Å². The Balaban J connectivity index is 2.77. The quantitative estimate of drug-likeness (QED) is 0.769. The molecule has 0 saturated heterocycles. The summed E-state index contributed by atoms with van der Waals surface area (Å²) in [5, 5.41) is -0.186. The van der Waals surface area contributed by atoms with E-state index in [4.69, 9.17) is 16.3 Å². The largest absolute Gasteiger partial charge is 0.383 e. The van der Waals surface area contributed by atoms with Crippen molar-refractivity contribution in [1.29, 1.82) is 0 Å². The van der Waals surface area contributed by atoms with Crippen LogP contribution in [-0.4, -0.2) is 43.5 Å². The second-order valence-electron chi connectivity index (χ2n) is 4.49. The third-order valence-corrected chi connectivity index (χ3v) is 3.27. The summed E-state index contributed by atoms with van der Waals surface area (Å²) in [6.07, 6.45) is 0. The van der Waals surface area contributed by atoms with E-state index in [2.05, 4.69) is 0 Å². The smallest absolute Gasteiger partial charge is 0.253 e. The molecule has 0 spiro atoms. The minimum atomic E-state index is -0.186. The molecular formula is C14H20ClNO2. The molecule has 1 aromatic rings. The number of hydrogen-bond acceptors (Lipinski definition) is 2. The predicted molar refractivity (Wildman–Crippen MR) is 74.4 cm³/mol. The molecular weight excluding hydrogens is 250 g/mol. The van der Waals surface area contributed by atoms with Gasteiger partial charge in [-0.1, -0.05) is 12.1 Å². The summed E-state index contributed by atoms with van der Waals surface area (Å²) in [6.45, 7) is 4.87. The van der Waals surface area contributed by atoms with Gasteiger partial charge in [0, 0.05) is 26.3 Å². The van der Waals surface area contributed by atoms with E-state index in [9.17, 15) is 4.79 Å². The van der Waals surface area contributed by atoms with E-state index in [1.165, 1.54) is 0 Å². The Morgan fingerprint density at radius 3 is 2.72 bits per heavy atom. The zero-order valence-corrected chi connectivity index (χ0v) is 12.1. The molecule has 0 radical (unpaired) electrons. The van der Waals surface area contributed by atoms with E-state index >= 15 is 0 Å². The zero-order chi connectivity index (χ0) is 13.7. The third-order valence-electron chi connectivity index (χ3n) is 3.00. The number of alkyl halides is 1. The van der Waals surface area contributed by atoms with Gasteiger partial charge in [0.05, 0.1) is 12.0 Å². The number of hydrogen-bond donors (Lipinski definition) is 0. The van der Waals surface area contributed by atoms with Gasteiger partial charge in [-0.15, -0.1) is 11.6 Å². The molecule has 1 atom stereocenters. The Hall–Kier alpha value is -1.06. The van der Waals surface area contributed by atoms with Gasteiger partial charge in [-0.3, -0.25) is 4.79 Å². The van der Waals surface area contributed by atoms with Crippen molar-refractivity contribution in [3.05, 3.63) is 34.9 Å². The van der Waals surface area contributed by atoms with Crippen LogP contribution in [0.15, 0.2) is 18.2 Å². The van der Waals surface area contributed by atoms with Crippen LogP contribution in [0.2, 0.25) is 0 Å². The molecule has 1 amide bonds. The fraction of sp³-hybridized carbons (Fsp3) is 0.500. The highest BCUT2D eigenvalue weighted by Crippen LogP contribution is 2.15. The van der Waals surface area contributed by atoms with Crippen molar-refractivity contribution in [2.75, 3.05) is 27.3 Å². The molecule has 1 rings (SSSR count). The van der Waals surface area contributed by atoms with Crippen molar-refractivity contribution >= 4 is 17.5 Å². The lowest BCUT2D eigenvalue weighted by atomic mass is 10.0. The molecule has 3 nitrogen and oxygen atoms in total. The van der Waals surface area contributed by atoms with Crippen molar-refractivity contribution in [3.8, 4) is 0 Å². The molecule has 0 aromatic heterocycles. The van der Waals surface area contributed by atoms with Crippen molar-refractivity contribution in [1.82, 2.24) is 4.90 Å². The standard InChI is InChI=1S/C14H20ClNO2/c1-10-6-5-7-13(11(10)2)14(17)16(3)8-12(15)9-18-4/h5-7,12H,8-9H2,1-4H3. The first kappa shape index (κ1) is 15.0. The highest BCUT2D eigenvalue weighted by atomic mass is 35.5. The Morgan fingerprint density at radius 1 is 1.44 bits per heavy atom. The van der Waals surface area contributed by atoms with E-state index in [0.29, 0.717) is 13.2 Å². The molecule has 100 valence electrons. The maximum absolute atomic E-state index is 12.3. The van der Waals surface area contributed by atoms with Crippen molar-refractivity contribution in [2.45, 2.75) is 19.2 Å². The lowest BCUT2D eigenvalue weighted by Gasteiger charge is -2.21. The molecule has 0 aliphatic carbocycles. The van der Waals surface area contributed by atoms with E-state index in [1.54, 1.807) is 19.1 Å². The van der Waals surface area contributed by atoms with Gasteiger partial charge >= 0.3 is 0 Å². The van der Waals surface area contributed by atoms with Crippen LogP contribution >= 0.6 is 11.6 Å². The highest BCUT2D eigenvalue weighted by molar-refractivity contribution is 6.21. The molecule has 0 heterocycles. The summed E-state index contributed by atoms with van der Waals surface area (Å²) in [4.78, 5) is 13.9. The van der Waals surface area contributed by atoms with Crippen LogP contribution in [0.3, 0.4) is 0 Å². The first-order valence-corrected chi connectivity index (χ1v) is 6.35. The second-order valence-corrected chi connectivity index (χ2v) is 5.10. The fourth-order valence-corrected chi connectivity index (χ4v) is 2.14. The minimum absolute atomic E-state index is 0.00190. The van der Waals surface area contributed by atoms with Crippen LogP contribution in [0, 0.1) is 13.8 Å². The molecule has 0 aliphatic rings. The molecule has 0 fully saturated rings. The van der Waals surface area contributed by atoms with Crippen LogP contribution in [-0.2, 0) is 4.74 Å². The average molecular weight is 270 g/mol. The van der Waals surface area contributed by atoms with Crippen LogP contribution in [0.25, 0.3) is 0 Å². The maximum Gasteiger partial charge on any atom is 0.253 e. The lowest BCUT2D eigenvalue weighted by Crippen LogP contribution is -2.34. The molecule has 0 aliphatic heterocycles. The Morgan fingerprint density at radius 2 is 2.11 bits per heavy atom. The predicted octanol–water partition coefficient (Wildman–Crippen LogP) is 2.63. The molecule has 0 saturated carbocycles. The summed E-state index contributed by atoms with van der Waals surface area (Å²) in [6, 6.07) is 5.75. The van der Waals surface area contributed by atoms with Crippen molar-refractivity contribution in [3.63, 3.8) is 0 Å². The normalized spacial score (nSPS) is 12.3. The summed E-state index contributed by atoms with van der Waals surface area (Å²) in [5.74, 6) is -0.00190. The van der Waals surface area contributed by atoms with Gasteiger partial charge in [0.15, 0.2) is 0 Å². The summed E-state index contributed by atoms with van der Waals surface area (Å²) in [7, 11) is 3.36. The number of benzene rings is 1. The highest BCUT2D eigenvalue weighted by Gasteiger charge is 2.17. The number of amides is 1. The zero-order valence-electron chi connectivity index (χ0n) is 11.4. The molecule has 18 heavy (non-hydrogen) atoms. The first-order chi connectivity index (χ1) is 8.47. The van der Waals surface area contributed by atoms with Crippen LogP contribution in [0.1, 0.15) is 21.5 Å². The van der Waals surface area contributed by atoms with Gasteiger partial charge in [-0.05, 0) is 31.0 Å². The monoisotopic (exact) mass is 269 g/mol. The number of rotatable bonds is 5. The number of ether oxygens (including phenoxy) is 1. The first-order valence-electron chi connectivity index (χ1n) is 5.92. The van der Waals surface area contributed by atoms with Crippen LogP contribution < -0.4 is 0 Å². The van der Waals surface area contributed by atoms with E-state index in [-0.39, 0.29) is 11.3 Å². The number of aryl methyl sites for hydroxylation is 1. The second kappa shape index (κ2) is 6.76. The van der Waals surface area contributed by atoms with Crippen molar-refractivity contribution < 1.29 is 9.53 Å². The number of halogens is 1. The molecule has 1 unspecified atom stereocenters. The molecule has 1 aromatic carbocycles. The third kappa shape index (κ3) is 3.72. The Kier molecular flexibility index (Phi) is 5.63. The van der Waals surface area contributed by atoms with Gasteiger partial charge in [0.1, 0.15) is 0 Å². The Bertz CT molecular complexity index is 420. The average Bonchev–Trinajstić information content (AvgIpc) is 2.32. The number of methoxy groups -OCH3 is 1. The van der Waals surface area contributed by atoms with Gasteiger partial charge in [0.2, 0.25) is 0 Å². The van der Waals surface area contributed by atoms with Gasteiger partial charge in [-0.25, -0.2) is 0 Å². The van der Waals surface area contributed by atoms with Gasteiger partial charge < -0.3 is 9.64 Å². The lowest BCUT2D eigenvalue weighted by molar-refractivity contribution is 0.0781. The molecule has 0 bridgehead atoms. The SMILES string of the molecule is COCC(Cl)CN(C)C(=O)c1cccc(C)c1C. The topological polar surface area (TPSA) is 29.5 Å². The van der Waals surface area contributed by atoms with Crippen LogP contribution in [0.5, 0.6) is 0 Å². The fourth-order valence-electron chi connectivity index (χ4n) is 1.80.